The van der Waals surface area contributed by atoms with Gasteiger partial charge in [0.05, 0.1) is 34.6 Å². The van der Waals surface area contributed by atoms with Gasteiger partial charge in [0, 0.05) is 23.6 Å². The van der Waals surface area contributed by atoms with Gasteiger partial charge in [-0.1, -0.05) is 42.1 Å². The minimum absolute atomic E-state index is 0.0381. The Bertz CT molecular complexity index is 1720. The maximum Gasteiger partial charge on any atom is 0.416 e. The van der Waals surface area contributed by atoms with E-state index in [0.717, 1.165) is 22.7 Å². The Hall–Kier alpha value is -4.58. The zero-order valence-corrected chi connectivity index (χ0v) is 21.8. The average molecular weight is 584 g/mol. The van der Waals surface area contributed by atoms with E-state index in [4.69, 9.17) is 14.3 Å². The first-order valence-electron chi connectivity index (χ1n) is 12.2. The van der Waals surface area contributed by atoms with Crippen LogP contribution in [0.1, 0.15) is 32.6 Å². The molecule has 1 aliphatic heterocycles. The van der Waals surface area contributed by atoms with Crippen LogP contribution in [0.25, 0.3) is 11.0 Å². The molecule has 1 fully saturated rings. The minimum atomic E-state index is -4.53. The highest BCUT2D eigenvalue weighted by Gasteiger charge is 2.40. The zero-order valence-electron chi connectivity index (χ0n) is 21.0. The summed E-state index contributed by atoms with van der Waals surface area (Å²) in [5.74, 6) is -1.38. The van der Waals surface area contributed by atoms with E-state index in [9.17, 15) is 32.3 Å². The lowest BCUT2D eigenvalue weighted by Gasteiger charge is -2.14. The van der Waals surface area contributed by atoms with Crippen molar-refractivity contribution < 1.29 is 41.8 Å². The predicted molar refractivity (Wildman–Crippen MR) is 143 cm³/mol. The number of rotatable bonds is 8. The highest BCUT2D eigenvalue weighted by molar-refractivity contribution is 8.15. The van der Waals surface area contributed by atoms with Crippen LogP contribution >= 0.6 is 11.8 Å². The summed E-state index contributed by atoms with van der Waals surface area (Å²) in [6.45, 7) is -0.387. The summed E-state index contributed by atoms with van der Waals surface area (Å²) in [6.07, 6.45) is -3.39. The number of carboxylic acid groups (broad SMARTS) is 1. The largest absolute Gasteiger partial charge is 0.489 e. The van der Waals surface area contributed by atoms with Crippen LogP contribution in [0.3, 0.4) is 0 Å². The molecule has 1 aliphatic rings. The molecule has 4 aromatic rings. The van der Waals surface area contributed by atoms with Crippen molar-refractivity contribution in [2.75, 3.05) is 0 Å². The van der Waals surface area contributed by atoms with E-state index in [1.54, 1.807) is 0 Å². The molecule has 12 heteroatoms. The van der Waals surface area contributed by atoms with Gasteiger partial charge in [0.25, 0.3) is 5.24 Å². The molecular formula is C29H20F3NO7S. The summed E-state index contributed by atoms with van der Waals surface area (Å²) in [5, 5.41) is 7.87. The van der Waals surface area contributed by atoms with E-state index < -0.39 is 39.5 Å². The molecule has 2 heterocycles. The van der Waals surface area contributed by atoms with Gasteiger partial charge in [-0.05, 0) is 35.9 Å². The fourth-order valence-electron chi connectivity index (χ4n) is 4.37. The van der Waals surface area contributed by atoms with Crippen molar-refractivity contribution in [1.29, 1.82) is 0 Å². The molecule has 0 radical (unpaired) electrons. The van der Waals surface area contributed by atoms with Crippen molar-refractivity contribution in [2.45, 2.75) is 31.0 Å². The Labute approximate surface area is 234 Å². The summed E-state index contributed by atoms with van der Waals surface area (Å²) in [7, 11) is 0. The second kappa shape index (κ2) is 11.1. The molecule has 0 aliphatic carbocycles. The lowest BCUT2D eigenvalue weighted by Crippen LogP contribution is -2.32. The summed E-state index contributed by atoms with van der Waals surface area (Å²) < 4.78 is 50.9. The highest BCUT2D eigenvalue weighted by atomic mass is 32.2. The van der Waals surface area contributed by atoms with Crippen molar-refractivity contribution in [3.8, 4) is 5.75 Å². The van der Waals surface area contributed by atoms with Crippen LogP contribution in [0.4, 0.5) is 18.0 Å². The first kappa shape index (κ1) is 28.0. The predicted octanol–water partition coefficient (Wildman–Crippen LogP) is 5.90. The van der Waals surface area contributed by atoms with Gasteiger partial charge in [-0.2, -0.15) is 13.2 Å². The molecule has 8 nitrogen and oxygen atoms in total. The molecule has 2 amide bonds. The lowest BCUT2D eigenvalue weighted by atomic mass is 10.1. The van der Waals surface area contributed by atoms with Crippen molar-refractivity contribution in [3.63, 3.8) is 0 Å². The Morgan fingerprint density at radius 2 is 1.73 bits per heavy atom. The number of carboxylic acids is 1. The third kappa shape index (κ3) is 5.97. The molecule has 0 saturated carbocycles. The van der Waals surface area contributed by atoms with E-state index in [2.05, 4.69) is 0 Å². The lowest BCUT2D eigenvalue weighted by molar-refractivity contribution is -0.138. The molecular weight excluding hydrogens is 563 g/mol. The summed E-state index contributed by atoms with van der Waals surface area (Å²) in [5.41, 5.74) is -0.286. The van der Waals surface area contributed by atoms with Gasteiger partial charge in [-0.3, -0.25) is 19.3 Å². The topological polar surface area (TPSA) is 114 Å². The number of hydrogen-bond donors (Lipinski definition) is 1. The third-order valence-corrected chi connectivity index (χ3v) is 7.56. The molecule has 0 spiro atoms. The van der Waals surface area contributed by atoms with Crippen LogP contribution in [0.15, 0.2) is 82.2 Å². The number of imide groups is 1. The Kier molecular flexibility index (Phi) is 7.59. The SMILES string of the molecule is O=C(O)c1ccc(CN2C(=O)SC(Cc3coc4cc(OCc5ccccc5C(F)(F)F)ccc4c3=O)C2=O)cc1. The number of hydrogen-bond acceptors (Lipinski definition) is 7. The molecule has 41 heavy (non-hydrogen) atoms. The summed E-state index contributed by atoms with van der Waals surface area (Å²) in [4.78, 5) is 50.7. The fraction of sp³-hybridized carbons (Fsp3) is 0.172. The van der Waals surface area contributed by atoms with Crippen LogP contribution in [0.5, 0.6) is 5.75 Å². The van der Waals surface area contributed by atoms with Crippen LogP contribution in [0, 0.1) is 0 Å². The zero-order chi connectivity index (χ0) is 29.3. The summed E-state index contributed by atoms with van der Waals surface area (Å²) in [6, 6.07) is 15.1. The number of ether oxygens (including phenoxy) is 1. The van der Waals surface area contributed by atoms with E-state index in [-0.39, 0.29) is 53.0 Å². The Balaban J connectivity index is 1.28. The maximum atomic E-state index is 13.2. The van der Waals surface area contributed by atoms with Crippen molar-refractivity contribution in [3.05, 3.63) is 111 Å². The number of amides is 2. The normalized spacial score (nSPS) is 15.5. The molecule has 1 N–H and O–H groups in total. The second-order valence-electron chi connectivity index (χ2n) is 9.19. The molecule has 1 atom stereocenters. The maximum absolute atomic E-state index is 13.2. The number of aromatic carboxylic acids is 1. The number of halogens is 3. The third-order valence-electron chi connectivity index (χ3n) is 6.49. The smallest absolute Gasteiger partial charge is 0.416 e. The fourth-order valence-corrected chi connectivity index (χ4v) is 5.39. The number of alkyl halides is 3. The Morgan fingerprint density at radius 1 is 1.00 bits per heavy atom. The second-order valence-corrected chi connectivity index (χ2v) is 10.3. The number of benzene rings is 3. The Morgan fingerprint density at radius 3 is 2.44 bits per heavy atom. The molecule has 1 unspecified atom stereocenters. The molecule has 5 rings (SSSR count). The molecule has 1 aromatic heterocycles. The van der Waals surface area contributed by atoms with E-state index in [1.807, 2.05) is 0 Å². The van der Waals surface area contributed by atoms with Gasteiger partial charge in [-0.15, -0.1) is 0 Å². The van der Waals surface area contributed by atoms with Crippen LogP contribution < -0.4 is 10.2 Å². The van der Waals surface area contributed by atoms with Crippen molar-refractivity contribution >= 4 is 39.8 Å². The number of carbonyl (C=O) groups excluding carboxylic acids is 2. The van der Waals surface area contributed by atoms with E-state index >= 15 is 0 Å². The van der Waals surface area contributed by atoms with Gasteiger partial charge < -0.3 is 14.3 Å². The van der Waals surface area contributed by atoms with Gasteiger partial charge in [0.1, 0.15) is 17.9 Å². The first-order chi connectivity index (χ1) is 19.5. The van der Waals surface area contributed by atoms with Gasteiger partial charge >= 0.3 is 12.1 Å². The standard InChI is InChI=1S/C29H20F3NO7S/c30-29(31,32)22-4-2-1-3-18(22)14-39-20-9-10-21-23(12-20)40-15-19(25(21)34)11-24-26(35)33(28(38)41-24)13-16-5-7-17(8-6-16)27(36)37/h1-10,12,15,24H,11,13-14H2,(H,36,37). The molecule has 3 aromatic carbocycles. The number of fused-ring (bicyclic) bond motifs is 1. The van der Waals surface area contributed by atoms with Gasteiger partial charge in [0.15, 0.2) is 5.43 Å². The van der Waals surface area contributed by atoms with Gasteiger partial charge in [-0.25, -0.2) is 4.79 Å². The monoisotopic (exact) mass is 583 g/mol. The molecule has 1 saturated heterocycles. The van der Waals surface area contributed by atoms with Crippen LogP contribution in [-0.2, 0) is 30.5 Å². The average Bonchev–Trinajstić information content (AvgIpc) is 3.20. The highest BCUT2D eigenvalue weighted by Crippen LogP contribution is 2.33. The van der Waals surface area contributed by atoms with Crippen LogP contribution in [-0.4, -0.2) is 32.4 Å². The quantitative estimate of drug-likeness (QED) is 0.273. The van der Waals surface area contributed by atoms with Gasteiger partial charge in [0.2, 0.25) is 5.91 Å². The first-order valence-corrected chi connectivity index (χ1v) is 13.1. The number of carbonyl (C=O) groups is 3. The molecule has 0 bridgehead atoms. The number of nitrogens with zero attached hydrogens (tertiary/aromatic N) is 1. The van der Waals surface area contributed by atoms with E-state index in [0.29, 0.717) is 5.56 Å². The van der Waals surface area contributed by atoms with E-state index in [1.165, 1.54) is 66.9 Å². The van der Waals surface area contributed by atoms with Crippen molar-refractivity contribution in [1.82, 2.24) is 4.90 Å². The number of thioether (sulfide) groups is 1. The minimum Gasteiger partial charge on any atom is -0.489 e. The van der Waals surface area contributed by atoms with Crippen molar-refractivity contribution in [2.24, 2.45) is 0 Å². The molecule has 210 valence electrons. The van der Waals surface area contributed by atoms with Crippen LogP contribution in [0.2, 0.25) is 0 Å². The summed E-state index contributed by atoms with van der Waals surface area (Å²) >= 11 is 0.790.